The first-order valence-corrected chi connectivity index (χ1v) is 10.0. The molecule has 4 aromatic rings. The zero-order valence-corrected chi connectivity index (χ0v) is 17.1. The van der Waals surface area contributed by atoms with E-state index in [9.17, 15) is 4.79 Å². The quantitative estimate of drug-likeness (QED) is 0.469. The van der Waals surface area contributed by atoms with E-state index in [1.54, 1.807) is 6.26 Å². The number of nitrogens with one attached hydrogen (secondary N) is 2. The Hall–Kier alpha value is -3.33. The maximum absolute atomic E-state index is 12.5. The van der Waals surface area contributed by atoms with Crippen LogP contribution in [0.3, 0.4) is 0 Å². The van der Waals surface area contributed by atoms with Gasteiger partial charge in [0.15, 0.2) is 11.0 Å². The maximum atomic E-state index is 12.5. The third kappa shape index (κ3) is 3.81. The minimum Gasteiger partial charge on any atom is -0.469 e. The Morgan fingerprint density at radius 2 is 1.97 bits per heavy atom. The summed E-state index contributed by atoms with van der Waals surface area (Å²) in [7, 11) is 0. The minimum absolute atomic E-state index is 0.133. The van der Waals surface area contributed by atoms with Crippen LogP contribution < -0.4 is 5.32 Å². The fraction of sp³-hybridized carbons (Fsp3) is 0.200. The number of hydrogen-bond acceptors (Lipinski definition) is 6. The largest absolute Gasteiger partial charge is 0.469 e. The van der Waals surface area contributed by atoms with Gasteiger partial charge in [-0.25, -0.2) is 0 Å². The summed E-state index contributed by atoms with van der Waals surface area (Å²) in [4.78, 5) is 12.5. The standard InChI is InChI=1S/C20H20N6O2S/c1-12-18(13(2)23-22-12)21-17(27)11-29-20-25-24-19(16-9-10-28-14(16)3)26(20)15-7-5-4-6-8-15/h4-10H,11H2,1-3H3,(H,21,27)(H,22,23). The molecule has 0 aliphatic heterocycles. The zero-order valence-electron chi connectivity index (χ0n) is 16.3. The molecule has 9 heteroatoms. The molecular formula is C20H20N6O2S. The second kappa shape index (κ2) is 7.96. The van der Waals surface area contributed by atoms with Crippen molar-refractivity contribution in [1.82, 2.24) is 25.0 Å². The van der Waals surface area contributed by atoms with Gasteiger partial charge < -0.3 is 9.73 Å². The summed E-state index contributed by atoms with van der Waals surface area (Å²) in [5.41, 5.74) is 4.08. The Morgan fingerprint density at radius 1 is 1.17 bits per heavy atom. The van der Waals surface area contributed by atoms with E-state index in [1.807, 2.05) is 61.7 Å². The van der Waals surface area contributed by atoms with Crippen LogP contribution in [-0.2, 0) is 4.79 Å². The van der Waals surface area contributed by atoms with Crippen LogP contribution >= 0.6 is 11.8 Å². The highest BCUT2D eigenvalue weighted by atomic mass is 32.2. The lowest BCUT2D eigenvalue weighted by atomic mass is 10.2. The number of carbonyl (C=O) groups is 1. The number of H-pyrrole nitrogens is 1. The van der Waals surface area contributed by atoms with Gasteiger partial charge in [0.2, 0.25) is 5.91 Å². The van der Waals surface area contributed by atoms with E-state index in [1.165, 1.54) is 11.8 Å². The van der Waals surface area contributed by atoms with Gasteiger partial charge in [-0.3, -0.25) is 14.5 Å². The molecule has 0 aliphatic rings. The van der Waals surface area contributed by atoms with Crippen LogP contribution in [0.25, 0.3) is 17.1 Å². The molecule has 0 aliphatic carbocycles. The van der Waals surface area contributed by atoms with Gasteiger partial charge in [0.05, 0.1) is 34.7 Å². The molecule has 8 nitrogen and oxygen atoms in total. The van der Waals surface area contributed by atoms with E-state index in [2.05, 4.69) is 25.7 Å². The van der Waals surface area contributed by atoms with Crippen LogP contribution in [0.2, 0.25) is 0 Å². The van der Waals surface area contributed by atoms with Gasteiger partial charge >= 0.3 is 0 Å². The van der Waals surface area contributed by atoms with E-state index in [0.717, 1.165) is 34.1 Å². The Bertz CT molecular complexity index is 1130. The van der Waals surface area contributed by atoms with Crippen LogP contribution in [0.4, 0.5) is 5.69 Å². The second-order valence-corrected chi connectivity index (χ2v) is 7.46. The molecule has 0 bridgehead atoms. The summed E-state index contributed by atoms with van der Waals surface area (Å²) in [6, 6.07) is 11.7. The normalized spacial score (nSPS) is 11.0. The summed E-state index contributed by atoms with van der Waals surface area (Å²) in [5.74, 6) is 1.49. The Labute approximate surface area is 171 Å². The molecule has 1 amide bonds. The molecule has 0 fully saturated rings. The lowest BCUT2D eigenvalue weighted by Crippen LogP contribution is -2.15. The molecule has 0 spiro atoms. The Kier molecular flexibility index (Phi) is 5.22. The average molecular weight is 408 g/mol. The van der Waals surface area contributed by atoms with E-state index >= 15 is 0 Å². The molecule has 0 unspecified atom stereocenters. The number of anilines is 1. The molecular weight excluding hydrogens is 388 g/mol. The Balaban J connectivity index is 1.60. The third-order valence-corrected chi connectivity index (χ3v) is 5.40. The molecule has 3 heterocycles. The lowest BCUT2D eigenvalue weighted by molar-refractivity contribution is -0.113. The average Bonchev–Trinajstić information content (AvgIpc) is 3.41. The van der Waals surface area contributed by atoms with Crippen molar-refractivity contribution in [3.05, 3.63) is 59.8 Å². The molecule has 3 aromatic heterocycles. The van der Waals surface area contributed by atoms with Crippen molar-refractivity contribution >= 4 is 23.4 Å². The topological polar surface area (TPSA) is 102 Å². The monoisotopic (exact) mass is 408 g/mol. The van der Waals surface area contributed by atoms with Crippen molar-refractivity contribution in [1.29, 1.82) is 0 Å². The molecule has 2 N–H and O–H groups in total. The lowest BCUT2D eigenvalue weighted by Gasteiger charge is -2.10. The van der Waals surface area contributed by atoms with Crippen LogP contribution in [0.5, 0.6) is 0 Å². The fourth-order valence-electron chi connectivity index (χ4n) is 3.01. The molecule has 1 aromatic carbocycles. The molecule has 0 saturated heterocycles. The number of aromatic nitrogens is 5. The first kappa shape index (κ1) is 19.0. The number of hydrogen-bond donors (Lipinski definition) is 2. The van der Waals surface area contributed by atoms with Crippen LogP contribution in [-0.4, -0.2) is 36.6 Å². The predicted octanol–water partition coefficient (Wildman–Crippen LogP) is 3.91. The minimum atomic E-state index is -0.133. The van der Waals surface area contributed by atoms with Crippen molar-refractivity contribution < 1.29 is 9.21 Å². The number of thioether (sulfide) groups is 1. The van der Waals surface area contributed by atoms with Crippen molar-refractivity contribution in [2.75, 3.05) is 11.1 Å². The fourth-order valence-corrected chi connectivity index (χ4v) is 3.76. The van der Waals surface area contributed by atoms with Crippen LogP contribution in [0.1, 0.15) is 17.1 Å². The van der Waals surface area contributed by atoms with E-state index in [-0.39, 0.29) is 11.7 Å². The maximum Gasteiger partial charge on any atom is 0.234 e. The van der Waals surface area contributed by atoms with E-state index in [4.69, 9.17) is 4.42 Å². The number of aromatic amines is 1. The highest BCUT2D eigenvalue weighted by Crippen LogP contribution is 2.30. The number of furan rings is 1. The van der Waals surface area contributed by atoms with Crippen molar-refractivity contribution in [3.8, 4) is 17.1 Å². The van der Waals surface area contributed by atoms with Crippen molar-refractivity contribution in [3.63, 3.8) is 0 Å². The zero-order chi connectivity index (χ0) is 20.4. The molecule has 148 valence electrons. The number of aryl methyl sites for hydroxylation is 3. The number of amides is 1. The Morgan fingerprint density at radius 3 is 2.62 bits per heavy atom. The van der Waals surface area contributed by atoms with Gasteiger partial charge in [-0.15, -0.1) is 10.2 Å². The first-order chi connectivity index (χ1) is 14.0. The van der Waals surface area contributed by atoms with Gasteiger partial charge in [0, 0.05) is 5.69 Å². The molecule has 0 radical (unpaired) electrons. The second-order valence-electron chi connectivity index (χ2n) is 6.51. The summed E-state index contributed by atoms with van der Waals surface area (Å²) in [6.45, 7) is 5.60. The molecule has 0 saturated carbocycles. The van der Waals surface area contributed by atoms with Gasteiger partial charge in [-0.2, -0.15) is 5.10 Å². The molecule has 29 heavy (non-hydrogen) atoms. The third-order valence-electron chi connectivity index (χ3n) is 4.47. The van der Waals surface area contributed by atoms with E-state index in [0.29, 0.717) is 11.0 Å². The van der Waals surface area contributed by atoms with E-state index < -0.39 is 0 Å². The number of para-hydroxylation sites is 1. The highest BCUT2D eigenvalue weighted by Gasteiger charge is 2.20. The smallest absolute Gasteiger partial charge is 0.234 e. The number of benzene rings is 1. The summed E-state index contributed by atoms with van der Waals surface area (Å²) in [6.07, 6.45) is 1.63. The van der Waals surface area contributed by atoms with Gasteiger partial charge in [-0.05, 0) is 39.0 Å². The summed E-state index contributed by atoms with van der Waals surface area (Å²) < 4.78 is 7.37. The van der Waals surface area contributed by atoms with Crippen molar-refractivity contribution in [2.24, 2.45) is 0 Å². The van der Waals surface area contributed by atoms with Gasteiger partial charge in [0.1, 0.15) is 5.76 Å². The van der Waals surface area contributed by atoms with Crippen LogP contribution in [0, 0.1) is 20.8 Å². The summed E-state index contributed by atoms with van der Waals surface area (Å²) >= 11 is 1.32. The summed E-state index contributed by atoms with van der Waals surface area (Å²) in [5, 5.41) is 19.2. The van der Waals surface area contributed by atoms with Crippen molar-refractivity contribution in [2.45, 2.75) is 25.9 Å². The number of carbonyl (C=O) groups excluding carboxylic acids is 1. The van der Waals surface area contributed by atoms with Gasteiger partial charge in [-0.1, -0.05) is 30.0 Å². The first-order valence-electron chi connectivity index (χ1n) is 9.04. The highest BCUT2D eigenvalue weighted by molar-refractivity contribution is 7.99. The molecule has 4 rings (SSSR count). The SMILES string of the molecule is Cc1n[nH]c(C)c1NC(=O)CSc1nnc(-c2ccoc2C)n1-c1ccccc1. The molecule has 0 atom stereocenters. The number of rotatable bonds is 6. The van der Waals surface area contributed by atoms with Crippen LogP contribution in [0.15, 0.2) is 52.2 Å². The number of nitrogens with zero attached hydrogens (tertiary/aromatic N) is 4. The predicted molar refractivity (Wildman–Crippen MR) is 111 cm³/mol. The van der Waals surface area contributed by atoms with Gasteiger partial charge in [0.25, 0.3) is 0 Å².